The molecule has 1 aliphatic heterocycles. The minimum atomic E-state index is -0.121. The van der Waals surface area contributed by atoms with Crippen LogP contribution in [-0.2, 0) is 6.42 Å². The summed E-state index contributed by atoms with van der Waals surface area (Å²) in [4.78, 5) is 19.1. The Morgan fingerprint density at radius 2 is 1.96 bits per heavy atom. The quantitative estimate of drug-likeness (QED) is 0.818. The van der Waals surface area contributed by atoms with Crippen LogP contribution in [0.5, 0.6) is 11.5 Å². The van der Waals surface area contributed by atoms with E-state index in [1.54, 1.807) is 32.4 Å². The minimum absolute atomic E-state index is 0.121. The molecule has 8 heteroatoms. The van der Waals surface area contributed by atoms with E-state index in [4.69, 9.17) is 14.0 Å². The average molecular weight is 386 g/mol. The number of methoxy groups -OCH3 is 2. The number of hydrogen-bond acceptors (Lipinski definition) is 6. The van der Waals surface area contributed by atoms with Gasteiger partial charge in [0.15, 0.2) is 5.82 Å². The number of carbonyl (C=O) groups is 1. The molecule has 8 nitrogen and oxygen atoms in total. The van der Waals surface area contributed by atoms with Gasteiger partial charge < -0.3 is 24.2 Å². The Labute approximate surface area is 164 Å². The number of anilines is 1. The molecule has 2 amide bonds. The Morgan fingerprint density at radius 3 is 2.64 bits per heavy atom. The molecule has 1 N–H and O–H groups in total. The second-order valence-corrected chi connectivity index (χ2v) is 7.51. The zero-order valence-corrected chi connectivity index (χ0v) is 16.3. The molecular weight excluding hydrogens is 360 g/mol. The van der Waals surface area contributed by atoms with Crippen LogP contribution in [0.4, 0.5) is 10.5 Å². The average Bonchev–Trinajstić information content (AvgIpc) is 3.47. The van der Waals surface area contributed by atoms with E-state index >= 15 is 0 Å². The van der Waals surface area contributed by atoms with Crippen molar-refractivity contribution in [2.45, 2.75) is 38.0 Å². The van der Waals surface area contributed by atoms with E-state index in [1.807, 2.05) is 4.90 Å². The Bertz CT molecular complexity index is 811. The molecule has 1 saturated heterocycles. The smallest absolute Gasteiger partial charge is 0.321 e. The summed E-state index contributed by atoms with van der Waals surface area (Å²) in [5.41, 5.74) is 0.647. The molecule has 2 aromatic rings. The molecular formula is C20H26N4O4. The first-order valence-electron chi connectivity index (χ1n) is 9.76. The maximum Gasteiger partial charge on any atom is 0.321 e. The molecule has 1 saturated carbocycles. The fourth-order valence-electron chi connectivity index (χ4n) is 3.60. The molecule has 1 aliphatic carbocycles. The van der Waals surface area contributed by atoms with E-state index in [9.17, 15) is 4.79 Å². The van der Waals surface area contributed by atoms with E-state index in [1.165, 1.54) is 0 Å². The van der Waals surface area contributed by atoms with Crippen molar-refractivity contribution in [1.82, 2.24) is 15.0 Å². The maximum atomic E-state index is 12.7. The van der Waals surface area contributed by atoms with Gasteiger partial charge in [0.1, 0.15) is 11.5 Å². The van der Waals surface area contributed by atoms with Crippen LogP contribution in [0.2, 0.25) is 0 Å². The van der Waals surface area contributed by atoms with E-state index in [0.29, 0.717) is 41.5 Å². The van der Waals surface area contributed by atoms with Gasteiger partial charge in [-0.2, -0.15) is 4.98 Å². The lowest BCUT2D eigenvalue weighted by molar-refractivity contribution is 0.173. The number of nitrogens with zero attached hydrogens (tertiary/aromatic N) is 3. The van der Waals surface area contributed by atoms with Gasteiger partial charge in [-0.15, -0.1) is 0 Å². The van der Waals surface area contributed by atoms with Crippen LogP contribution < -0.4 is 14.8 Å². The number of nitrogens with one attached hydrogen (secondary N) is 1. The van der Waals surface area contributed by atoms with Gasteiger partial charge in [-0.1, -0.05) is 5.16 Å². The fraction of sp³-hybridized carbons (Fsp3) is 0.550. The van der Waals surface area contributed by atoms with Crippen LogP contribution in [0.3, 0.4) is 0 Å². The van der Waals surface area contributed by atoms with Crippen LogP contribution in [0.15, 0.2) is 22.7 Å². The van der Waals surface area contributed by atoms with E-state index in [-0.39, 0.29) is 6.03 Å². The Morgan fingerprint density at radius 1 is 1.21 bits per heavy atom. The lowest BCUT2D eigenvalue weighted by Crippen LogP contribution is -2.42. The monoisotopic (exact) mass is 386 g/mol. The zero-order chi connectivity index (χ0) is 19.5. The van der Waals surface area contributed by atoms with Crippen molar-refractivity contribution >= 4 is 11.7 Å². The van der Waals surface area contributed by atoms with E-state index < -0.39 is 0 Å². The summed E-state index contributed by atoms with van der Waals surface area (Å²) in [5, 5.41) is 7.03. The molecule has 28 heavy (non-hydrogen) atoms. The summed E-state index contributed by atoms with van der Waals surface area (Å²) in [6.07, 6.45) is 5.05. The standard InChI is InChI=1S/C20H26N4O4/c1-26-16-9-15(10-17(11-16)27-2)21-20(25)24-7-3-4-13(12-24)8-18-22-19(23-28-18)14-5-6-14/h9-11,13-14H,3-8,12H2,1-2H3,(H,21,25). The molecule has 0 radical (unpaired) electrons. The molecule has 2 fully saturated rings. The van der Waals surface area contributed by atoms with Gasteiger partial charge in [-0.25, -0.2) is 4.79 Å². The van der Waals surface area contributed by atoms with Crippen LogP contribution in [-0.4, -0.2) is 48.4 Å². The van der Waals surface area contributed by atoms with Crippen LogP contribution in [0, 0.1) is 5.92 Å². The van der Waals surface area contributed by atoms with Crippen molar-refractivity contribution in [3.8, 4) is 11.5 Å². The molecule has 1 atom stereocenters. The van der Waals surface area contributed by atoms with Crippen molar-refractivity contribution in [3.05, 3.63) is 29.9 Å². The number of aromatic nitrogens is 2. The Kier molecular flexibility index (Phi) is 5.36. The highest BCUT2D eigenvalue weighted by atomic mass is 16.5. The molecule has 2 aliphatic rings. The van der Waals surface area contributed by atoms with Crippen molar-refractivity contribution in [2.24, 2.45) is 5.92 Å². The van der Waals surface area contributed by atoms with Crippen molar-refractivity contribution < 1.29 is 18.8 Å². The van der Waals surface area contributed by atoms with Crippen LogP contribution >= 0.6 is 0 Å². The molecule has 2 heterocycles. The van der Waals surface area contributed by atoms with Crippen molar-refractivity contribution in [2.75, 3.05) is 32.6 Å². The number of hydrogen-bond donors (Lipinski definition) is 1. The molecule has 1 unspecified atom stereocenters. The molecule has 1 aromatic carbocycles. The summed E-state index contributed by atoms with van der Waals surface area (Å²) >= 11 is 0. The van der Waals surface area contributed by atoms with E-state index in [0.717, 1.165) is 44.5 Å². The largest absolute Gasteiger partial charge is 0.497 e. The number of rotatable bonds is 6. The second-order valence-electron chi connectivity index (χ2n) is 7.51. The summed E-state index contributed by atoms with van der Waals surface area (Å²) in [6.45, 7) is 1.41. The summed E-state index contributed by atoms with van der Waals surface area (Å²) in [7, 11) is 3.17. The third-order valence-corrected chi connectivity index (χ3v) is 5.30. The topological polar surface area (TPSA) is 89.7 Å². The predicted molar refractivity (Wildman–Crippen MR) is 103 cm³/mol. The zero-order valence-electron chi connectivity index (χ0n) is 16.3. The normalized spacial score (nSPS) is 19.4. The van der Waals surface area contributed by atoms with Crippen molar-refractivity contribution in [1.29, 1.82) is 0 Å². The first kappa shape index (κ1) is 18.6. The van der Waals surface area contributed by atoms with Gasteiger partial charge in [-0.05, 0) is 31.6 Å². The number of carbonyl (C=O) groups excluding carboxylic acids is 1. The van der Waals surface area contributed by atoms with Gasteiger partial charge >= 0.3 is 6.03 Å². The van der Waals surface area contributed by atoms with Gasteiger partial charge in [0.25, 0.3) is 0 Å². The van der Waals surface area contributed by atoms with E-state index in [2.05, 4.69) is 15.5 Å². The Hall–Kier alpha value is -2.77. The SMILES string of the molecule is COc1cc(NC(=O)N2CCCC(Cc3nc(C4CC4)no3)C2)cc(OC)c1. The number of likely N-dealkylation sites (tertiary alicyclic amines) is 1. The van der Waals surface area contributed by atoms with Gasteiger partial charge in [0.05, 0.1) is 14.2 Å². The van der Waals surface area contributed by atoms with Gasteiger partial charge in [-0.3, -0.25) is 0 Å². The molecule has 1 aromatic heterocycles. The third-order valence-electron chi connectivity index (χ3n) is 5.30. The second kappa shape index (κ2) is 8.08. The predicted octanol–water partition coefficient (Wildman–Crippen LogP) is 3.45. The third kappa shape index (κ3) is 4.37. The number of amides is 2. The van der Waals surface area contributed by atoms with Crippen molar-refractivity contribution in [3.63, 3.8) is 0 Å². The highest BCUT2D eigenvalue weighted by Crippen LogP contribution is 2.38. The fourth-order valence-corrected chi connectivity index (χ4v) is 3.60. The summed E-state index contributed by atoms with van der Waals surface area (Å²) in [6, 6.07) is 5.20. The summed E-state index contributed by atoms with van der Waals surface area (Å²) in [5.74, 6) is 3.61. The molecule has 0 spiro atoms. The highest BCUT2D eigenvalue weighted by molar-refractivity contribution is 5.90. The number of piperidine rings is 1. The van der Waals surface area contributed by atoms with Crippen LogP contribution in [0.25, 0.3) is 0 Å². The van der Waals surface area contributed by atoms with Gasteiger partial charge in [0, 0.05) is 49.3 Å². The van der Waals surface area contributed by atoms with Crippen LogP contribution in [0.1, 0.15) is 43.3 Å². The Balaban J connectivity index is 1.36. The highest BCUT2D eigenvalue weighted by Gasteiger charge is 2.30. The van der Waals surface area contributed by atoms with Gasteiger partial charge in [0.2, 0.25) is 5.89 Å². The lowest BCUT2D eigenvalue weighted by Gasteiger charge is -2.32. The minimum Gasteiger partial charge on any atom is -0.497 e. The number of ether oxygens (including phenoxy) is 2. The molecule has 150 valence electrons. The first-order valence-corrected chi connectivity index (χ1v) is 9.76. The number of urea groups is 1. The molecule has 0 bridgehead atoms. The maximum absolute atomic E-state index is 12.7. The molecule has 4 rings (SSSR count). The first-order chi connectivity index (χ1) is 13.6. The summed E-state index contributed by atoms with van der Waals surface area (Å²) < 4.78 is 15.9. The number of benzene rings is 1. The lowest BCUT2D eigenvalue weighted by atomic mass is 9.95.